The number of nitrogens with zero attached hydrogens (tertiary/aromatic N) is 1. The highest BCUT2D eigenvalue weighted by Crippen LogP contribution is 2.11. The van der Waals surface area contributed by atoms with Crippen molar-refractivity contribution in [3.05, 3.63) is 30.1 Å². The molecule has 16 heavy (non-hydrogen) atoms. The van der Waals surface area contributed by atoms with Crippen LogP contribution in [-0.4, -0.2) is 37.2 Å². The highest BCUT2D eigenvalue weighted by Gasteiger charge is 2.18. The molecule has 1 saturated heterocycles. The Morgan fingerprint density at radius 2 is 2.12 bits per heavy atom. The molecule has 2 N–H and O–H groups in total. The zero-order valence-electron chi connectivity index (χ0n) is 9.23. The van der Waals surface area contributed by atoms with Crippen LogP contribution in [0.25, 0.3) is 0 Å². The Hall–Kier alpha value is -1.13. The Bertz CT molecular complexity index is 328. The first-order chi connectivity index (χ1) is 7.74. The summed E-state index contributed by atoms with van der Waals surface area (Å²) in [6.45, 7) is 3.50. The minimum absolute atomic E-state index is 0.238. The van der Waals surface area contributed by atoms with Gasteiger partial charge in [-0.2, -0.15) is 0 Å². The Labute approximate surface area is 95.0 Å². The van der Waals surface area contributed by atoms with Crippen molar-refractivity contribution in [2.45, 2.75) is 12.5 Å². The van der Waals surface area contributed by atoms with Gasteiger partial charge in [-0.25, -0.2) is 4.39 Å². The van der Waals surface area contributed by atoms with E-state index >= 15 is 0 Å². The van der Waals surface area contributed by atoms with Crippen LogP contribution in [0.4, 0.5) is 4.39 Å². The molecule has 88 valence electrons. The lowest BCUT2D eigenvalue weighted by atomic mass is 10.3. The van der Waals surface area contributed by atoms with Crippen LogP contribution in [0.15, 0.2) is 24.3 Å². The molecule has 1 unspecified atom stereocenters. The zero-order chi connectivity index (χ0) is 11.4. The molecular formula is C12H17FN2O. The molecule has 4 heteroatoms. The third-order valence-corrected chi connectivity index (χ3v) is 2.80. The Kier molecular flexibility index (Phi) is 3.74. The normalized spacial score (nSPS) is 21.2. The van der Waals surface area contributed by atoms with E-state index in [0.717, 1.165) is 26.1 Å². The van der Waals surface area contributed by atoms with Crippen molar-refractivity contribution in [3.8, 4) is 5.75 Å². The van der Waals surface area contributed by atoms with E-state index in [-0.39, 0.29) is 5.82 Å². The summed E-state index contributed by atoms with van der Waals surface area (Å²) in [7, 11) is 0. The number of ether oxygens (including phenoxy) is 1. The van der Waals surface area contributed by atoms with Gasteiger partial charge in [0, 0.05) is 19.1 Å². The van der Waals surface area contributed by atoms with Crippen molar-refractivity contribution in [2.75, 3.05) is 26.2 Å². The third-order valence-electron chi connectivity index (χ3n) is 2.80. The lowest BCUT2D eigenvalue weighted by Crippen LogP contribution is -2.29. The lowest BCUT2D eigenvalue weighted by Gasteiger charge is -2.15. The van der Waals surface area contributed by atoms with Gasteiger partial charge in [0.05, 0.1) is 0 Å². The highest BCUT2D eigenvalue weighted by molar-refractivity contribution is 5.21. The van der Waals surface area contributed by atoms with E-state index in [9.17, 15) is 4.39 Å². The van der Waals surface area contributed by atoms with E-state index in [1.165, 1.54) is 12.1 Å². The number of nitrogens with two attached hydrogens (primary N) is 1. The van der Waals surface area contributed by atoms with Crippen LogP contribution < -0.4 is 10.5 Å². The number of rotatable bonds is 4. The smallest absolute Gasteiger partial charge is 0.123 e. The zero-order valence-corrected chi connectivity index (χ0v) is 9.23. The average Bonchev–Trinajstić information content (AvgIpc) is 2.67. The van der Waals surface area contributed by atoms with E-state index in [1.54, 1.807) is 12.1 Å². The molecule has 3 nitrogen and oxygen atoms in total. The Morgan fingerprint density at radius 3 is 2.75 bits per heavy atom. The molecule has 0 aliphatic carbocycles. The largest absolute Gasteiger partial charge is 0.492 e. The summed E-state index contributed by atoms with van der Waals surface area (Å²) in [4.78, 5) is 2.29. The molecule has 0 aromatic heterocycles. The molecule has 1 fully saturated rings. The minimum atomic E-state index is -0.238. The lowest BCUT2D eigenvalue weighted by molar-refractivity contribution is 0.236. The highest BCUT2D eigenvalue weighted by atomic mass is 19.1. The van der Waals surface area contributed by atoms with Crippen molar-refractivity contribution in [1.82, 2.24) is 4.90 Å². The van der Waals surface area contributed by atoms with Crippen LogP contribution in [0.3, 0.4) is 0 Å². The fourth-order valence-corrected chi connectivity index (χ4v) is 1.89. The summed E-state index contributed by atoms with van der Waals surface area (Å²) in [5.74, 6) is 0.475. The maximum absolute atomic E-state index is 12.6. The second-order valence-electron chi connectivity index (χ2n) is 4.15. The molecule has 0 radical (unpaired) electrons. The molecule has 1 aliphatic rings. The maximum Gasteiger partial charge on any atom is 0.123 e. The van der Waals surface area contributed by atoms with Gasteiger partial charge in [0.2, 0.25) is 0 Å². The SMILES string of the molecule is NC1CCN(CCOc2ccc(F)cc2)C1. The predicted octanol–water partition coefficient (Wildman–Crippen LogP) is 1.24. The van der Waals surface area contributed by atoms with Gasteiger partial charge in [0.15, 0.2) is 0 Å². The van der Waals surface area contributed by atoms with Crippen molar-refractivity contribution in [3.63, 3.8) is 0 Å². The van der Waals surface area contributed by atoms with E-state index in [1.807, 2.05) is 0 Å². The monoisotopic (exact) mass is 224 g/mol. The molecule has 0 amide bonds. The fourth-order valence-electron chi connectivity index (χ4n) is 1.89. The first-order valence-electron chi connectivity index (χ1n) is 5.60. The van der Waals surface area contributed by atoms with Gasteiger partial charge in [-0.3, -0.25) is 4.90 Å². The van der Waals surface area contributed by atoms with Crippen molar-refractivity contribution in [1.29, 1.82) is 0 Å². The number of hydrogen-bond acceptors (Lipinski definition) is 3. The fraction of sp³-hybridized carbons (Fsp3) is 0.500. The maximum atomic E-state index is 12.6. The van der Waals surface area contributed by atoms with Crippen LogP contribution in [0, 0.1) is 5.82 Å². The molecule has 0 bridgehead atoms. The van der Waals surface area contributed by atoms with Gasteiger partial charge >= 0.3 is 0 Å². The van der Waals surface area contributed by atoms with Gasteiger partial charge < -0.3 is 10.5 Å². The van der Waals surface area contributed by atoms with Gasteiger partial charge in [-0.15, -0.1) is 0 Å². The number of likely N-dealkylation sites (tertiary alicyclic amines) is 1. The predicted molar refractivity (Wildman–Crippen MR) is 60.9 cm³/mol. The van der Waals surface area contributed by atoms with E-state index in [4.69, 9.17) is 10.5 Å². The number of benzene rings is 1. The summed E-state index contributed by atoms with van der Waals surface area (Å²) in [6, 6.07) is 6.41. The topological polar surface area (TPSA) is 38.5 Å². The summed E-state index contributed by atoms with van der Waals surface area (Å²) >= 11 is 0. The average molecular weight is 224 g/mol. The quantitative estimate of drug-likeness (QED) is 0.836. The van der Waals surface area contributed by atoms with Crippen LogP contribution in [0.2, 0.25) is 0 Å². The van der Waals surface area contributed by atoms with Gasteiger partial charge in [-0.1, -0.05) is 0 Å². The van der Waals surface area contributed by atoms with Crippen LogP contribution in [0.5, 0.6) is 5.75 Å². The van der Waals surface area contributed by atoms with Crippen LogP contribution in [0.1, 0.15) is 6.42 Å². The minimum Gasteiger partial charge on any atom is -0.492 e. The van der Waals surface area contributed by atoms with E-state index < -0.39 is 0 Å². The first kappa shape index (κ1) is 11.4. The molecule has 0 spiro atoms. The molecule has 1 aromatic rings. The summed E-state index contributed by atoms with van der Waals surface area (Å²) in [6.07, 6.45) is 1.07. The molecule has 2 rings (SSSR count). The summed E-state index contributed by atoms with van der Waals surface area (Å²) in [5.41, 5.74) is 5.80. The van der Waals surface area contributed by atoms with E-state index in [2.05, 4.69) is 4.90 Å². The second-order valence-corrected chi connectivity index (χ2v) is 4.15. The number of hydrogen-bond donors (Lipinski definition) is 1. The van der Waals surface area contributed by atoms with E-state index in [0.29, 0.717) is 18.4 Å². The van der Waals surface area contributed by atoms with Crippen LogP contribution in [-0.2, 0) is 0 Å². The first-order valence-corrected chi connectivity index (χ1v) is 5.60. The Balaban J connectivity index is 1.70. The van der Waals surface area contributed by atoms with Crippen molar-refractivity contribution < 1.29 is 9.13 Å². The van der Waals surface area contributed by atoms with Crippen LogP contribution >= 0.6 is 0 Å². The molecule has 1 aliphatic heterocycles. The van der Waals surface area contributed by atoms with Crippen molar-refractivity contribution >= 4 is 0 Å². The number of halogens is 1. The third kappa shape index (κ3) is 3.18. The molecule has 1 heterocycles. The summed E-state index contributed by atoms with van der Waals surface area (Å²) < 4.78 is 18.1. The van der Waals surface area contributed by atoms with Gasteiger partial charge in [0.25, 0.3) is 0 Å². The Morgan fingerprint density at radius 1 is 1.38 bits per heavy atom. The summed E-state index contributed by atoms with van der Waals surface area (Å²) in [5, 5.41) is 0. The molecule has 0 saturated carbocycles. The molecule has 1 atom stereocenters. The van der Waals surface area contributed by atoms with Gasteiger partial charge in [-0.05, 0) is 37.2 Å². The second kappa shape index (κ2) is 5.27. The molecular weight excluding hydrogens is 207 g/mol. The van der Waals surface area contributed by atoms with Crippen molar-refractivity contribution in [2.24, 2.45) is 5.73 Å². The standard InChI is InChI=1S/C12H17FN2O/c13-10-1-3-12(4-2-10)16-8-7-15-6-5-11(14)9-15/h1-4,11H,5-9,14H2. The molecule has 1 aromatic carbocycles. The van der Waals surface area contributed by atoms with Gasteiger partial charge in [0.1, 0.15) is 18.2 Å².